The molecule has 0 aliphatic heterocycles. The largest absolute Gasteiger partial charge is 0.493 e. The molecule has 0 aliphatic carbocycles. The molecule has 0 bridgehead atoms. The minimum absolute atomic E-state index is 0.00534. The summed E-state index contributed by atoms with van der Waals surface area (Å²) in [5.41, 5.74) is 0.566. The Labute approximate surface area is 178 Å². The highest BCUT2D eigenvalue weighted by molar-refractivity contribution is 7.91. The Morgan fingerprint density at radius 2 is 1.77 bits per heavy atom. The van der Waals surface area contributed by atoms with Crippen LogP contribution in [0.4, 0.5) is 10.4 Å². The Morgan fingerprint density at radius 1 is 1.06 bits per heavy atom. The topological polar surface area (TPSA) is 121 Å². The maximum Gasteiger partial charge on any atom is 0.322 e. The summed E-state index contributed by atoms with van der Waals surface area (Å²) >= 11 is 0. The average Bonchev–Trinajstić information content (AvgIpc) is 3.21. The monoisotopic (exact) mass is 449 g/mol. The highest BCUT2D eigenvalue weighted by Gasteiger charge is 2.17. The van der Waals surface area contributed by atoms with Gasteiger partial charge < -0.3 is 13.9 Å². The SMILES string of the molecule is COc1ccc(-c2nnc(NC(=O)CCCS(=O)(=O)c3ccc(F)cc3)o2)cc1OC. The zero-order valence-corrected chi connectivity index (χ0v) is 17.6. The summed E-state index contributed by atoms with van der Waals surface area (Å²) in [6, 6.07) is 9.45. The molecule has 0 saturated carbocycles. The van der Waals surface area contributed by atoms with Gasteiger partial charge in [0.1, 0.15) is 5.82 Å². The quantitative estimate of drug-likeness (QED) is 0.495. The summed E-state index contributed by atoms with van der Waals surface area (Å²) < 4.78 is 53.2. The van der Waals surface area contributed by atoms with E-state index in [-0.39, 0.29) is 35.4 Å². The molecule has 1 aromatic heterocycles. The van der Waals surface area contributed by atoms with Crippen molar-refractivity contribution < 1.29 is 31.5 Å². The molecule has 0 saturated heterocycles. The van der Waals surface area contributed by atoms with Crippen LogP contribution in [-0.2, 0) is 14.6 Å². The van der Waals surface area contributed by atoms with Crippen LogP contribution in [0.5, 0.6) is 11.5 Å². The Hall–Kier alpha value is -3.47. The predicted octanol–water partition coefficient (Wildman–Crippen LogP) is 3.09. The van der Waals surface area contributed by atoms with Gasteiger partial charge in [0.15, 0.2) is 21.3 Å². The molecule has 0 atom stereocenters. The van der Waals surface area contributed by atoms with Crippen LogP contribution in [0.1, 0.15) is 12.8 Å². The highest BCUT2D eigenvalue weighted by Crippen LogP contribution is 2.32. The summed E-state index contributed by atoms with van der Waals surface area (Å²) in [5.74, 6) is -0.0782. The minimum atomic E-state index is -3.61. The Bertz CT molecular complexity index is 1160. The maximum atomic E-state index is 12.9. The summed E-state index contributed by atoms with van der Waals surface area (Å²) in [4.78, 5) is 12.1. The normalized spacial score (nSPS) is 11.2. The number of aromatic nitrogens is 2. The number of hydrogen-bond acceptors (Lipinski definition) is 8. The van der Waals surface area contributed by atoms with Crippen molar-refractivity contribution in [3.8, 4) is 23.0 Å². The first kappa shape index (κ1) is 22.2. The van der Waals surface area contributed by atoms with Crippen LogP contribution >= 0.6 is 0 Å². The number of methoxy groups -OCH3 is 2. The molecule has 0 aliphatic rings. The van der Waals surface area contributed by atoms with Gasteiger partial charge in [-0.25, -0.2) is 12.8 Å². The number of ether oxygens (including phenoxy) is 2. The van der Waals surface area contributed by atoms with E-state index >= 15 is 0 Å². The van der Waals surface area contributed by atoms with Gasteiger partial charge in [0.25, 0.3) is 0 Å². The van der Waals surface area contributed by atoms with E-state index < -0.39 is 21.6 Å². The van der Waals surface area contributed by atoms with Crippen LogP contribution in [0.25, 0.3) is 11.5 Å². The third-order valence-electron chi connectivity index (χ3n) is 4.29. The molecule has 31 heavy (non-hydrogen) atoms. The van der Waals surface area contributed by atoms with Crippen molar-refractivity contribution in [2.24, 2.45) is 0 Å². The number of carbonyl (C=O) groups is 1. The second-order valence-corrected chi connectivity index (χ2v) is 8.52. The first-order valence-corrected chi connectivity index (χ1v) is 10.8. The lowest BCUT2D eigenvalue weighted by Crippen LogP contribution is -2.14. The molecular weight excluding hydrogens is 429 g/mol. The predicted molar refractivity (Wildman–Crippen MR) is 109 cm³/mol. The van der Waals surface area contributed by atoms with Gasteiger partial charge >= 0.3 is 6.01 Å². The number of anilines is 1. The van der Waals surface area contributed by atoms with Gasteiger partial charge in [0.05, 0.1) is 24.9 Å². The number of sulfone groups is 1. The van der Waals surface area contributed by atoms with E-state index in [9.17, 15) is 17.6 Å². The van der Waals surface area contributed by atoms with Crippen molar-refractivity contribution in [3.63, 3.8) is 0 Å². The van der Waals surface area contributed by atoms with Gasteiger partial charge in [-0.05, 0) is 48.9 Å². The van der Waals surface area contributed by atoms with E-state index in [0.29, 0.717) is 17.1 Å². The zero-order valence-electron chi connectivity index (χ0n) is 16.8. The molecule has 9 nitrogen and oxygen atoms in total. The van der Waals surface area contributed by atoms with Gasteiger partial charge in [-0.3, -0.25) is 10.1 Å². The molecule has 1 N–H and O–H groups in total. The Kier molecular flexibility index (Phi) is 6.85. The van der Waals surface area contributed by atoms with Crippen LogP contribution in [0.15, 0.2) is 51.8 Å². The first-order valence-electron chi connectivity index (χ1n) is 9.16. The molecule has 3 rings (SSSR count). The molecule has 0 radical (unpaired) electrons. The van der Waals surface area contributed by atoms with E-state index in [1.807, 2.05) is 0 Å². The van der Waals surface area contributed by atoms with Crippen molar-refractivity contribution in [2.75, 3.05) is 25.3 Å². The molecule has 164 valence electrons. The summed E-state index contributed by atoms with van der Waals surface area (Å²) in [6.45, 7) is 0. The van der Waals surface area contributed by atoms with Crippen molar-refractivity contribution in [3.05, 3.63) is 48.3 Å². The Morgan fingerprint density at radius 3 is 2.45 bits per heavy atom. The smallest absolute Gasteiger partial charge is 0.322 e. The third-order valence-corrected chi connectivity index (χ3v) is 6.11. The number of benzene rings is 2. The van der Waals surface area contributed by atoms with Crippen LogP contribution < -0.4 is 14.8 Å². The van der Waals surface area contributed by atoms with Gasteiger partial charge in [0.2, 0.25) is 11.8 Å². The first-order chi connectivity index (χ1) is 14.8. The van der Waals surface area contributed by atoms with Gasteiger partial charge in [-0.2, -0.15) is 0 Å². The highest BCUT2D eigenvalue weighted by atomic mass is 32.2. The number of halogens is 1. The molecular formula is C20H20FN3O6S. The molecule has 0 spiro atoms. The number of nitrogens with zero attached hydrogens (tertiary/aromatic N) is 2. The second kappa shape index (κ2) is 9.56. The fraction of sp³-hybridized carbons (Fsp3) is 0.250. The van der Waals surface area contributed by atoms with Crippen molar-refractivity contribution in [1.82, 2.24) is 10.2 Å². The minimum Gasteiger partial charge on any atom is -0.493 e. The number of amides is 1. The zero-order chi connectivity index (χ0) is 22.4. The summed E-state index contributed by atoms with van der Waals surface area (Å²) in [6.07, 6.45) is -0.00326. The van der Waals surface area contributed by atoms with Crippen LogP contribution in [0.3, 0.4) is 0 Å². The van der Waals surface area contributed by atoms with E-state index in [1.165, 1.54) is 26.4 Å². The molecule has 3 aromatic rings. The molecule has 1 amide bonds. The van der Waals surface area contributed by atoms with Gasteiger partial charge in [-0.15, -0.1) is 5.10 Å². The fourth-order valence-electron chi connectivity index (χ4n) is 2.72. The Balaban J connectivity index is 1.56. The standard InChI is InChI=1S/C20H20FN3O6S/c1-28-16-10-5-13(12-17(16)29-2)19-23-24-20(30-19)22-18(25)4-3-11-31(26,27)15-8-6-14(21)7-9-15/h5-10,12H,3-4,11H2,1-2H3,(H,22,24,25). The van der Waals surface area contributed by atoms with E-state index in [2.05, 4.69) is 15.5 Å². The number of carbonyl (C=O) groups excluding carboxylic acids is 1. The number of hydrogen-bond donors (Lipinski definition) is 1. The number of rotatable bonds is 9. The lowest BCUT2D eigenvalue weighted by molar-refractivity contribution is -0.116. The van der Waals surface area contributed by atoms with Crippen LogP contribution in [0.2, 0.25) is 0 Å². The second-order valence-electron chi connectivity index (χ2n) is 6.41. The molecule has 0 unspecified atom stereocenters. The van der Waals surface area contributed by atoms with Gasteiger partial charge in [-0.1, -0.05) is 5.10 Å². The van der Waals surface area contributed by atoms with Crippen molar-refractivity contribution >= 4 is 21.8 Å². The van der Waals surface area contributed by atoms with Crippen molar-refractivity contribution in [1.29, 1.82) is 0 Å². The molecule has 0 fully saturated rings. The van der Waals surface area contributed by atoms with Crippen LogP contribution in [-0.4, -0.2) is 44.5 Å². The third kappa shape index (κ3) is 5.57. The van der Waals surface area contributed by atoms with E-state index in [4.69, 9.17) is 13.9 Å². The summed E-state index contributed by atoms with van der Waals surface area (Å²) in [7, 11) is -0.596. The number of nitrogens with one attached hydrogen (secondary N) is 1. The van der Waals surface area contributed by atoms with Crippen molar-refractivity contribution in [2.45, 2.75) is 17.7 Å². The fourth-order valence-corrected chi connectivity index (χ4v) is 4.03. The van der Waals surface area contributed by atoms with Crippen LogP contribution in [0, 0.1) is 5.82 Å². The lowest BCUT2D eigenvalue weighted by atomic mass is 10.2. The summed E-state index contributed by atoms with van der Waals surface area (Å²) in [5, 5.41) is 10.1. The lowest BCUT2D eigenvalue weighted by Gasteiger charge is -2.07. The average molecular weight is 449 g/mol. The molecule has 1 heterocycles. The van der Waals surface area contributed by atoms with E-state index in [1.54, 1.807) is 18.2 Å². The molecule has 2 aromatic carbocycles. The molecule has 11 heteroatoms. The van der Waals surface area contributed by atoms with E-state index in [0.717, 1.165) is 12.1 Å². The maximum absolute atomic E-state index is 12.9. The van der Waals surface area contributed by atoms with Gasteiger partial charge in [0, 0.05) is 12.0 Å².